The van der Waals surface area contributed by atoms with E-state index in [0.29, 0.717) is 12.0 Å². The van der Waals surface area contributed by atoms with Crippen molar-refractivity contribution in [2.24, 2.45) is 0 Å². The summed E-state index contributed by atoms with van der Waals surface area (Å²) in [6.45, 7) is 5.64. The van der Waals surface area contributed by atoms with E-state index in [2.05, 4.69) is 15.7 Å². The van der Waals surface area contributed by atoms with Crippen molar-refractivity contribution in [1.82, 2.24) is 10.3 Å². The predicted octanol–water partition coefficient (Wildman–Crippen LogP) is 4.12. The van der Waals surface area contributed by atoms with E-state index < -0.39 is 11.5 Å². The van der Waals surface area contributed by atoms with Crippen LogP contribution in [0.25, 0.3) is 0 Å². The van der Waals surface area contributed by atoms with Crippen molar-refractivity contribution in [3.05, 3.63) is 45.9 Å². The Morgan fingerprint density at radius 1 is 1.28 bits per heavy atom. The molecule has 1 amide bonds. The maximum absolute atomic E-state index is 12.3. The molecule has 1 aromatic carbocycles. The number of carbonyl (C=O) groups is 2. The first-order valence-electron chi connectivity index (χ1n) is 7.93. The lowest BCUT2D eigenvalue weighted by Gasteiger charge is -2.25. The number of rotatable bonds is 8. The molecule has 1 aromatic heterocycles. The van der Waals surface area contributed by atoms with Gasteiger partial charge in [0.05, 0.1) is 10.7 Å². The summed E-state index contributed by atoms with van der Waals surface area (Å²) in [6, 6.07) is 7.42. The Kier molecular flexibility index (Phi) is 6.61. The van der Waals surface area contributed by atoms with Gasteiger partial charge in [0.1, 0.15) is 0 Å². The van der Waals surface area contributed by atoms with Crippen LogP contribution in [0.3, 0.4) is 0 Å². The maximum Gasteiger partial charge on any atom is 0.303 e. The van der Waals surface area contributed by atoms with E-state index in [9.17, 15) is 9.59 Å². The van der Waals surface area contributed by atoms with Gasteiger partial charge in [-0.3, -0.25) is 9.59 Å². The summed E-state index contributed by atoms with van der Waals surface area (Å²) in [6.07, 6.45) is 0.411. The molecule has 2 N–H and O–H groups in total. The molecule has 134 valence electrons. The first kappa shape index (κ1) is 19.5. The largest absolute Gasteiger partial charge is 0.481 e. The van der Waals surface area contributed by atoms with E-state index >= 15 is 0 Å². The van der Waals surface area contributed by atoms with E-state index in [-0.39, 0.29) is 12.3 Å². The summed E-state index contributed by atoms with van der Waals surface area (Å²) in [5, 5.41) is 14.8. The molecular formula is C18H22N2O3S2. The molecule has 0 spiro atoms. The normalized spacial score (nSPS) is 11.3. The zero-order valence-corrected chi connectivity index (χ0v) is 16.2. The number of aliphatic carboxylic acids is 1. The zero-order chi connectivity index (χ0) is 18.4. The zero-order valence-electron chi connectivity index (χ0n) is 14.5. The molecule has 2 rings (SSSR count). The number of hydrogen-bond donors (Lipinski definition) is 2. The Labute approximate surface area is 155 Å². The number of carboxylic acids is 1. The molecule has 25 heavy (non-hydrogen) atoms. The summed E-state index contributed by atoms with van der Waals surface area (Å²) in [5.74, 6) is -0.251. The molecule has 0 bridgehead atoms. The monoisotopic (exact) mass is 378 g/mol. The number of amides is 1. The van der Waals surface area contributed by atoms with Gasteiger partial charge in [0.2, 0.25) is 0 Å². The smallest absolute Gasteiger partial charge is 0.303 e. The van der Waals surface area contributed by atoms with Crippen molar-refractivity contribution in [2.75, 3.05) is 0 Å². The van der Waals surface area contributed by atoms with Crippen LogP contribution >= 0.6 is 23.1 Å². The fourth-order valence-corrected chi connectivity index (χ4v) is 3.70. The molecule has 0 saturated heterocycles. The third kappa shape index (κ3) is 6.51. The fraction of sp³-hybridized carbons (Fsp3) is 0.389. The molecule has 0 aliphatic heterocycles. The second-order valence-electron chi connectivity index (χ2n) is 6.40. The minimum absolute atomic E-state index is 0.0267. The van der Waals surface area contributed by atoms with Crippen molar-refractivity contribution in [1.29, 1.82) is 0 Å². The van der Waals surface area contributed by atoms with Gasteiger partial charge in [0, 0.05) is 33.6 Å². The average Bonchev–Trinajstić information content (AvgIpc) is 2.97. The average molecular weight is 379 g/mol. The first-order chi connectivity index (χ1) is 11.7. The highest BCUT2D eigenvalue weighted by molar-refractivity contribution is 7.98. The van der Waals surface area contributed by atoms with Crippen LogP contribution in [0.15, 0.2) is 34.5 Å². The van der Waals surface area contributed by atoms with Crippen LogP contribution in [-0.2, 0) is 10.5 Å². The van der Waals surface area contributed by atoms with E-state index in [4.69, 9.17) is 5.11 Å². The Balaban J connectivity index is 1.89. The number of thiazole rings is 1. The number of aromatic nitrogens is 1. The molecular weight excluding hydrogens is 356 g/mol. The minimum Gasteiger partial charge on any atom is -0.481 e. The molecule has 0 aliphatic carbocycles. The second-order valence-corrected chi connectivity index (χ2v) is 8.51. The Hall–Kier alpha value is -1.86. The van der Waals surface area contributed by atoms with E-state index in [1.165, 1.54) is 0 Å². The van der Waals surface area contributed by atoms with Gasteiger partial charge in [0.15, 0.2) is 0 Å². The topological polar surface area (TPSA) is 79.3 Å². The highest BCUT2D eigenvalue weighted by Crippen LogP contribution is 2.24. The van der Waals surface area contributed by atoms with Crippen molar-refractivity contribution < 1.29 is 14.7 Å². The predicted molar refractivity (Wildman–Crippen MR) is 101 cm³/mol. The van der Waals surface area contributed by atoms with Gasteiger partial charge in [-0.2, -0.15) is 0 Å². The molecule has 0 fully saturated rings. The van der Waals surface area contributed by atoms with Crippen LogP contribution in [0, 0.1) is 6.92 Å². The third-order valence-electron chi connectivity index (χ3n) is 3.59. The fourth-order valence-electron chi connectivity index (χ4n) is 2.20. The van der Waals surface area contributed by atoms with Crippen molar-refractivity contribution in [3.63, 3.8) is 0 Å². The van der Waals surface area contributed by atoms with E-state index in [1.807, 2.05) is 32.9 Å². The number of carbonyl (C=O) groups excluding carboxylic acids is 1. The second kappa shape index (κ2) is 8.49. The van der Waals surface area contributed by atoms with Gasteiger partial charge in [0.25, 0.3) is 5.91 Å². The minimum atomic E-state index is -0.862. The molecule has 0 aliphatic rings. The van der Waals surface area contributed by atoms with Crippen LogP contribution in [-0.4, -0.2) is 27.5 Å². The molecule has 7 heteroatoms. The molecule has 0 radical (unpaired) electrons. The molecule has 5 nitrogen and oxygen atoms in total. The summed E-state index contributed by atoms with van der Waals surface area (Å²) in [4.78, 5) is 28.5. The highest BCUT2D eigenvalue weighted by Gasteiger charge is 2.22. The van der Waals surface area contributed by atoms with Gasteiger partial charge >= 0.3 is 5.97 Å². The lowest BCUT2D eigenvalue weighted by atomic mass is 9.98. The molecule has 2 aromatic rings. The lowest BCUT2D eigenvalue weighted by Crippen LogP contribution is -2.43. The summed E-state index contributed by atoms with van der Waals surface area (Å²) >= 11 is 3.32. The van der Waals surface area contributed by atoms with E-state index in [1.54, 1.807) is 35.2 Å². The summed E-state index contributed by atoms with van der Waals surface area (Å²) < 4.78 is 0. The van der Waals surface area contributed by atoms with Gasteiger partial charge < -0.3 is 10.4 Å². The van der Waals surface area contributed by atoms with E-state index in [0.717, 1.165) is 21.3 Å². The molecule has 1 heterocycles. The quantitative estimate of drug-likeness (QED) is 0.676. The van der Waals surface area contributed by atoms with Gasteiger partial charge in [-0.1, -0.05) is 0 Å². The van der Waals surface area contributed by atoms with Crippen molar-refractivity contribution in [3.8, 4) is 0 Å². The van der Waals surface area contributed by atoms with Crippen LogP contribution in [0.2, 0.25) is 0 Å². The molecule has 0 unspecified atom stereocenters. The number of hydrogen-bond acceptors (Lipinski definition) is 5. The third-order valence-corrected chi connectivity index (χ3v) is 5.45. The highest BCUT2D eigenvalue weighted by atomic mass is 32.2. The number of thioether (sulfide) groups is 1. The SMILES string of the molecule is Cc1nc(CSc2ccc(C(=O)NC(C)(C)CCC(=O)O)cc2)cs1. The number of carboxylic acid groups (broad SMARTS) is 1. The number of nitrogens with one attached hydrogen (secondary N) is 1. The Morgan fingerprint density at radius 2 is 1.96 bits per heavy atom. The lowest BCUT2D eigenvalue weighted by molar-refractivity contribution is -0.137. The number of nitrogens with zero attached hydrogens (tertiary/aromatic N) is 1. The Bertz CT molecular complexity index is 739. The maximum atomic E-state index is 12.3. The van der Waals surface area contributed by atoms with Gasteiger partial charge in [-0.15, -0.1) is 23.1 Å². The number of benzene rings is 1. The number of aryl methyl sites for hydroxylation is 1. The Morgan fingerprint density at radius 3 is 2.52 bits per heavy atom. The van der Waals surface area contributed by atoms with Crippen LogP contribution < -0.4 is 5.32 Å². The summed E-state index contributed by atoms with van der Waals surface area (Å²) in [7, 11) is 0. The molecule has 0 saturated carbocycles. The van der Waals surface area contributed by atoms with Crippen LogP contribution in [0.5, 0.6) is 0 Å². The van der Waals surface area contributed by atoms with Gasteiger partial charge in [-0.25, -0.2) is 4.98 Å². The summed E-state index contributed by atoms with van der Waals surface area (Å²) in [5.41, 5.74) is 1.07. The van der Waals surface area contributed by atoms with Crippen LogP contribution in [0.1, 0.15) is 47.7 Å². The standard InChI is InChI=1S/C18H22N2O3S2/c1-12-19-14(10-24-12)11-25-15-6-4-13(5-7-15)17(23)20-18(2,3)9-8-16(21)22/h4-7,10H,8-9,11H2,1-3H3,(H,20,23)(H,21,22). The van der Waals surface area contributed by atoms with Gasteiger partial charge in [-0.05, 0) is 51.5 Å². The van der Waals surface area contributed by atoms with Crippen molar-refractivity contribution in [2.45, 2.75) is 49.8 Å². The van der Waals surface area contributed by atoms with Crippen LogP contribution in [0.4, 0.5) is 0 Å². The molecule has 0 atom stereocenters. The first-order valence-corrected chi connectivity index (χ1v) is 9.80. The van der Waals surface area contributed by atoms with Crippen molar-refractivity contribution >= 4 is 35.0 Å².